The lowest BCUT2D eigenvalue weighted by Crippen LogP contribution is -2.40. The van der Waals surface area contributed by atoms with Crippen molar-refractivity contribution in [1.29, 1.82) is 0 Å². The normalized spacial score (nSPS) is 24.0. The Morgan fingerprint density at radius 1 is 1.33 bits per heavy atom. The molecule has 3 rings (SSSR count). The number of anilines is 2. The molecule has 0 aromatic heterocycles. The van der Waals surface area contributed by atoms with Crippen LogP contribution in [0.15, 0.2) is 18.2 Å². The fourth-order valence-electron chi connectivity index (χ4n) is 3.12. The van der Waals surface area contributed by atoms with Gasteiger partial charge in [-0.1, -0.05) is 14.9 Å². The second-order valence-electron chi connectivity index (χ2n) is 5.55. The van der Waals surface area contributed by atoms with Gasteiger partial charge in [0.15, 0.2) is 0 Å². The fourth-order valence-corrected chi connectivity index (χ4v) is 3.12. The van der Waals surface area contributed by atoms with Gasteiger partial charge in [-0.15, -0.1) is 0 Å². The standard InChI is InChI=1S/C14H15F3N2O2.2CH4.H2S/c1-21-13(20)12-9-4-7(9)6-19(12)8-2-3-11(18)10(5-8)14(15,16)17;;;/h2-3,5,7,9,12H,4,6,18H2,1H3;2*1H4;1H2/t7-,9-,12-;;;/m1.../s1. The smallest absolute Gasteiger partial charge is 0.418 e. The van der Waals surface area contributed by atoms with Crippen LogP contribution in [0.5, 0.6) is 0 Å². The first-order chi connectivity index (χ1) is 9.82. The van der Waals surface area contributed by atoms with Gasteiger partial charge in [-0.05, 0) is 36.5 Å². The molecule has 3 atom stereocenters. The first-order valence-electron chi connectivity index (χ1n) is 6.64. The highest BCUT2D eigenvalue weighted by atomic mass is 32.1. The number of piperidine rings is 1. The molecule has 2 fully saturated rings. The molecule has 1 heterocycles. The largest absolute Gasteiger partial charge is 0.467 e. The van der Waals surface area contributed by atoms with Gasteiger partial charge in [0.2, 0.25) is 0 Å². The second-order valence-corrected chi connectivity index (χ2v) is 5.55. The van der Waals surface area contributed by atoms with Crippen molar-refractivity contribution in [3.05, 3.63) is 23.8 Å². The number of rotatable bonds is 2. The molecule has 1 aliphatic carbocycles. The molecule has 1 saturated carbocycles. The Kier molecular flexibility index (Phi) is 7.05. The van der Waals surface area contributed by atoms with Crippen LogP contribution in [0.2, 0.25) is 0 Å². The number of benzene rings is 1. The summed E-state index contributed by atoms with van der Waals surface area (Å²) in [5, 5.41) is 0. The van der Waals surface area contributed by atoms with Crippen molar-refractivity contribution in [1.82, 2.24) is 0 Å². The maximum atomic E-state index is 12.9. The number of nitrogen functional groups attached to an aromatic ring is 1. The lowest BCUT2D eigenvalue weighted by atomic mass is 10.1. The van der Waals surface area contributed by atoms with E-state index in [4.69, 9.17) is 10.5 Å². The predicted octanol–water partition coefficient (Wildman–Crippen LogP) is 3.67. The molecular weight excluding hydrogens is 341 g/mol. The quantitative estimate of drug-likeness (QED) is 0.641. The van der Waals surface area contributed by atoms with Crippen LogP contribution in [-0.4, -0.2) is 25.7 Å². The lowest BCUT2D eigenvalue weighted by molar-refractivity contribution is -0.142. The molecule has 2 aliphatic rings. The highest BCUT2D eigenvalue weighted by molar-refractivity contribution is 7.59. The van der Waals surface area contributed by atoms with E-state index in [9.17, 15) is 18.0 Å². The van der Waals surface area contributed by atoms with E-state index in [-0.39, 0.29) is 40.0 Å². The third-order valence-corrected chi connectivity index (χ3v) is 4.27. The van der Waals surface area contributed by atoms with Crippen molar-refractivity contribution in [2.24, 2.45) is 11.8 Å². The number of ether oxygens (including phenoxy) is 1. The van der Waals surface area contributed by atoms with Gasteiger partial charge in [-0.25, -0.2) is 4.79 Å². The van der Waals surface area contributed by atoms with E-state index in [1.54, 1.807) is 4.90 Å². The van der Waals surface area contributed by atoms with Crippen molar-refractivity contribution in [2.75, 3.05) is 24.3 Å². The zero-order valence-electron chi connectivity index (χ0n) is 11.9. The van der Waals surface area contributed by atoms with Crippen molar-refractivity contribution in [3.8, 4) is 0 Å². The molecule has 0 amide bonds. The van der Waals surface area contributed by atoms with Crippen LogP contribution in [-0.2, 0) is 15.7 Å². The number of carbonyl (C=O) groups is 1. The molecule has 1 aromatic carbocycles. The number of nitrogens with zero attached hydrogens (tertiary/aromatic N) is 1. The SMILES string of the molecule is C.C.COC(=O)[C@H]1[C@@H]2C[C@@H]2CN1c1ccc(N)c(C(F)(F)F)c1.S. The zero-order chi connectivity index (χ0) is 15.4. The number of esters is 1. The Hall–Kier alpha value is -1.57. The van der Waals surface area contributed by atoms with Crippen molar-refractivity contribution >= 4 is 30.8 Å². The number of nitrogens with two attached hydrogens (primary N) is 1. The van der Waals surface area contributed by atoms with Crippen LogP contribution in [0.3, 0.4) is 0 Å². The van der Waals surface area contributed by atoms with Crippen LogP contribution < -0.4 is 10.6 Å². The monoisotopic (exact) mass is 366 g/mol. The number of alkyl halides is 3. The lowest BCUT2D eigenvalue weighted by Gasteiger charge is -2.28. The van der Waals surface area contributed by atoms with E-state index in [0.29, 0.717) is 18.2 Å². The molecule has 1 saturated heterocycles. The molecule has 2 N–H and O–H groups in total. The topological polar surface area (TPSA) is 55.6 Å². The number of hydrogen-bond donors (Lipinski definition) is 1. The molecule has 4 nitrogen and oxygen atoms in total. The average molecular weight is 366 g/mol. The van der Waals surface area contributed by atoms with Gasteiger partial charge >= 0.3 is 12.1 Å². The Morgan fingerprint density at radius 2 is 1.96 bits per heavy atom. The molecule has 1 aromatic rings. The number of halogens is 3. The van der Waals surface area contributed by atoms with Crippen LogP contribution in [0, 0.1) is 11.8 Å². The maximum Gasteiger partial charge on any atom is 0.418 e. The summed E-state index contributed by atoms with van der Waals surface area (Å²) < 4.78 is 43.6. The summed E-state index contributed by atoms with van der Waals surface area (Å²) in [6, 6.07) is 3.27. The van der Waals surface area contributed by atoms with E-state index < -0.39 is 23.8 Å². The third kappa shape index (κ3) is 3.74. The summed E-state index contributed by atoms with van der Waals surface area (Å²) in [6.45, 7) is 0.575. The van der Waals surface area contributed by atoms with Crippen LogP contribution in [0.25, 0.3) is 0 Å². The molecule has 24 heavy (non-hydrogen) atoms. The first kappa shape index (κ1) is 22.4. The minimum atomic E-state index is -4.51. The highest BCUT2D eigenvalue weighted by Gasteiger charge is 2.56. The van der Waals surface area contributed by atoms with Crippen LogP contribution in [0.1, 0.15) is 26.8 Å². The molecule has 1 aliphatic heterocycles. The second kappa shape index (κ2) is 7.55. The number of hydrogen-bond acceptors (Lipinski definition) is 4. The summed E-state index contributed by atoms with van der Waals surface area (Å²) in [6.07, 6.45) is -3.58. The van der Waals surface area contributed by atoms with Crippen molar-refractivity contribution in [2.45, 2.75) is 33.5 Å². The highest BCUT2D eigenvalue weighted by Crippen LogP contribution is 2.51. The minimum Gasteiger partial charge on any atom is -0.467 e. The van der Waals surface area contributed by atoms with Gasteiger partial charge < -0.3 is 15.4 Å². The Balaban J connectivity index is 0.00000176. The first-order valence-corrected chi connectivity index (χ1v) is 6.64. The van der Waals surface area contributed by atoms with Gasteiger partial charge in [-0.2, -0.15) is 26.7 Å². The summed E-state index contributed by atoms with van der Waals surface area (Å²) in [7, 11) is 1.29. The van der Waals surface area contributed by atoms with Gasteiger partial charge in [-0.3, -0.25) is 0 Å². The minimum absolute atomic E-state index is 0. The maximum absolute atomic E-state index is 12.9. The Morgan fingerprint density at radius 3 is 2.50 bits per heavy atom. The predicted molar refractivity (Wildman–Crippen MR) is 94.4 cm³/mol. The summed E-state index contributed by atoms with van der Waals surface area (Å²) >= 11 is 0. The van der Waals surface area contributed by atoms with Gasteiger partial charge in [0, 0.05) is 17.9 Å². The van der Waals surface area contributed by atoms with E-state index >= 15 is 0 Å². The molecule has 0 bridgehead atoms. The van der Waals surface area contributed by atoms with Gasteiger partial charge in [0.1, 0.15) is 6.04 Å². The van der Waals surface area contributed by atoms with Gasteiger partial charge in [0.05, 0.1) is 12.7 Å². The zero-order valence-corrected chi connectivity index (χ0v) is 12.9. The van der Waals surface area contributed by atoms with Gasteiger partial charge in [0.25, 0.3) is 0 Å². The molecule has 0 spiro atoms. The Bertz CT molecular complexity index is 595. The van der Waals surface area contributed by atoms with E-state index in [0.717, 1.165) is 12.5 Å². The van der Waals surface area contributed by atoms with Crippen LogP contribution >= 0.6 is 13.5 Å². The average Bonchev–Trinajstić information content (AvgIpc) is 3.08. The molecular formula is C16H25F3N2O2S. The van der Waals surface area contributed by atoms with E-state index in [2.05, 4.69) is 0 Å². The number of methoxy groups -OCH3 is 1. The van der Waals surface area contributed by atoms with E-state index in [1.807, 2.05) is 0 Å². The summed E-state index contributed by atoms with van der Waals surface area (Å²) in [4.78, 5) is 13.6. The van der Waals surface area contributed by atoms with Crippen molar-refractivity contribution in [3.63, 3.8) is 0 Å². The third-order valence-electron chi connectivity index (χ3n) is 4.27. The van der Waals surface area contributed by atoms with E-state index in [1.165, 1.54) is 19.2 Å². The van der Waals surface area contributed by atoms with Crippen molar-refractivity contribution < 1.29 is 22.7 Å². The number of fused-ring (bicyclic) bond motifs is 1. The number of carbonyl (C=O) groups excluding carboxylic acids is 1. The summed E-state index contributed by atoms with van der Waals surface area (Å²) in [5.74, 6) is 0.149. The molecule has 138 valence electrons. The molecule has 0 unspecified atom stereocenters. The van der Waals surface area contributed by atoms with Crippen LogP contribution in [0.4, 0.5) is 24.5 Å². The molecule has 8 heteroatoms. The fraction of sp³-hybridized carbons (Fsp3) is 0.562. The summed E-state index contributed by atoms with van der Waals surface area (Å²) in [5.41, 5.74) is 4.58. The molecule has 0 radical (unpaired) electrons. The Labute approximate surface area is 147 Å².